The first-order chi connectivity index (χ1) is 9.10. The molecule has 0 bridgehead atoms. The highest BCUT2D eigenvalue weighted by atomic mass is 79.9. The quantitative estimate of drug-likeness (QED) is 0.597. The molecular weight excluding hydrogens is 304 g/mol. The van der Waals surface area contributed by atoms with Crippen molar-refractivity contribution in [3.05, 3.63) is 57.7 Å². The number of halogens is 1. The van der Waals surface area contributed by atoms with E-state index in [2.05, 4.69) is 51.5 Å². The van der Waals surface area contributed by atoms with Gasteiger partial charge in [-0.15, -0.1) is 0 Å². The molecule has 1 unspecified atom stereocenters. The summed E-state index contributed by atoms with van der Waals surface area (Å²) in [5, 5.41) is 0. The maximum Gasteiger partial charge on any atom is 0.123 e. The zero-order valence-corrected chi connectivity index (χ0v) is 12.3. The second-order valence-corrected chi connectivity index (χ2v) is 5.39. The maximum atomic E-state index is 5.69. The molecule has 0 aliphatic rings. The molecule has 1 aromatic heterocycles. The van der Waals surface area contributed by atoms with Crippen molar-refractivity contribution >= 4 is 21.7 Å². The molecule has 0 saturated carbocycles. The van der Waals surface area contributed by atoms with E-state index in [-0.39, 0.29) is 6.04 Å². The number of rotatable bonds is 4. The second-order valence-electron chi connectivity index (χ2n) is 4.54. The van der Waals surface area contributed by atoms with Gasteiger partial charge in [-0.05, 0) is 48.2 Å². The molecule has 2 aromatic rings. The molecule has 0 aliphatic carbocycles. The van der Waals surface area contributed by atoms with E-state index < -0.39 is 0 Å². The summed E-state index contributed by atoms with van der Waals surface area (Å²) in [5.74, 6) is 6.20. The van der Waals surface area contributed by atoms with E-state index in [1.165, 1.54) is 5.56 Å². The molecular formula is C14H17BrN4. The fourth-order valence-electron chi connectivity index (χ4n) is 2.03. The highest BCUT2D eigenvalue weighted by Crippen LogP contribution is 2.26. The van der Waals surface area contributed by atoms with Crippen LogP contribution in [0.25, 0.3) is 0 Å². The molecule has 100 valence electrons. The minimum absolute atomic E-state index is 0.0248. The molecule has 0 spiro atoms. The number of pyridine rings is 1. The maximum absolute atomic E-state index is 5.69. The van der Waals surface area contributed by atoms with Crippen LogP contribution >= 0.6 is 15.9 Å². The van der Waals surface area contributed by atoms with Crippen LogP contribution in [0, 0.1) is 6.92 Å². The summed E-state index contributed by atoms with van der Waals surface area (Å²) in [4.78, 5) is 3.99. The van der Waals surface area contributed by atoms with Crippen LogP contribution < -0.4 is 17.0 Å². The predicted octanol–water partition coefficient (Wildman–Crippen LogP) is 2.48. The van der Waals surface area contributed by atoms with Crippen LogP contribution in [0.4, 0.5) is 5.82 Å². The van der Waals surface area contributed by atoms with Crippen LogP contribution in [0.15, 0.2) is 41.0 Å². The van der Waals surface area contributed by atoms with Gasteiger partial charge in [0.05, 0.1) is 6.04 Å². The van der Waals surface area contributed by atoms with Crippen molar-refractivity contribution in [1.29, 1.82) is 0 Å². The average molecular weight is 321 g/mol. The Balaban J connectivity index is 2.25. The lowest BCUT2D eigenvalue weighted by Gasteiger charge is -2.18. The van der Waals surface area contributed by atoms with Crippen molar-refractivity contribution < 1.29 is 0 Å². The SMILES string of the molecule is Cc1ccc(C(Cc2ccnc(N)c2)NN)c(Br)c1. The van der Waals surface area contributed by atoms with Gasteiger partial charge in [0.15, 0.2) is 0 Å². The average Bonchev–Trinajstić information content (AvgIpc) is 2.37. The first-order valence-corrected chi connectivity index (χ1v) is 6.82. The molecule has 1 atom stereocenters. The lowest BCUT2D eigenvalue weighted by atomic mass is 9.99. The van der Waals surface area contributed by atoms with E-state index in [1.54, 1.807) is 6.20 Å². The number of nitrogen functional groups attached to an aromatic ring is 1. The van der Waals surface area contributed by atoms with E-state index in [4.69, 9.17) is 11.6 Å². The number of benzene rings is 1. The van der Waals surface area contributed by atoms with Gasteiger partial charge in [0.25, 0.3) is 0 Å². The Kier molecular flexibility index (Phi) is 4.52. The van der Waals surface area contributed by atoms with Crippen LogP contribution in [-0.4, -0.2) is 4.98 Å². The Morgan fingerprint density at radius 3 is 2.74 bits per heavy atom. The molecule has 0 radical (unpaired) electrons. The number of aromatic nitrogens is 1. The summed E-state index contributed by atoms with van der Waals surface area (Å²) in [6.45, 7) is 2.06. The van der Waals surface area contributed by atoms with E-state index in [0.717, 1.165) is 22.0 Å². The molecule has 5 heteroatoms. The van der Waals surface area contributed by atoms with Gasteiger partial charge in [-0.2, -0.15) is 0 Å². The molecule has 19 heavy (non-hydrogen) atoms. The summed E-state index contributed by atoms with van der Waals surface area (Å²) in [7, 11) is 0. The van der Waals surface area contributed by atoms with Crippen LogP contribution in [0.2, 0.25) is 0 Å². The molecule has 0 saturated heterocycles. The highest BCUT2D eigenvalue weighted by molar-refractivity contribution is 9.10. The zero-order valence-electron chi connectivity index (χ0n) is 10.7. The van der Waals surface area contributed by atoms with Gasteiger partial charge in [0.1, 0.15) is 5.82 Å². The monoisotopic (exact) mass is 320 g/mol. The minimum Gasteiger partial charge on any atom is -0.384 e. The van der Waals surface area contributed by atoms with Crippen molar-refractivity contribution in [3.63, 3.8) is 0 Å². The number of hydrogen-bond acceptors (Lipinski definition) is 4. The smallest absolute Gasteiger partial charge is 0.123 e. The summed E-state index contributed by atoms with van der Waals surface area (Å²) in [6, 6.07) is 10.1. The number of nitrogens with two attached hydrogens (primary N) is 2. The first-order valence-electron chi connectivity index (χ1n) is 6.02. The number of nitrogens with zero attached hydrogens (tertiary/aromatic N) is 1. The molecule has 1 heterocycles. The minimum atomic E-state index is 0.0248. The molecule has 1 aromatic carbocycles. The summed E-state index contributed by atoms with van der Waals surface area (Å²) in [6.07, 6.45) is 2.47. The van der Waals surface area contributed by atoms with Gasteiger partial charge in [-0.1, -0.05) is 28.1 Å². The summed E-state index contributed by atoms with van der Waals surface area (Å²) in [5.41, 5.74) is 12.0. The van der Waals surface area contributed by atoms with Crippen molar-refractivity contribution in [3.8, 4) is 0 Å². The molecule has 2 rings (SSSR count). The van der Waals surface area contributed by atoms with Crippen LogP contribution in [-0.2, 0) is 6.42 Å². The summed E-state index contributed by atoms with van der Waals surface area (Å²) >= 11 is 3.58. The van der Waals surface area contributed by atoms with Crippen LogP contribution in [0.3, 0.4) is 0 Å². The number of hydrogen-bond donors (Lipinski definition) is 3. The van der Waals surface area contributed by atoms with Gasteiger partial charge in [0.2, 0.25) is 0 Å². The van der Waals surface area contributed by atoms with Gasteiger partial charge < -0.3 is 5.73 Å². The zero-order chi connectivity index (χ0) is 13.8. The summed E-state index contributed by atoms with van der Waals surface area (Å²) < 4.78 is 1.05. The van der Waals surface area contributed by atoms with Crippen molar-refractivity contribution in [1.82, 2.24) is 10.4 Å². The number of aryl methyl sites for hydroxylation is 1. The topological polar surface area (TPSA) is 77.0 Å². The molecule has 0 amide bonds. The van der Waals surface area contributed by atoms with E-state index in [0.29, 0.717) is 5.82 Å². The predicted molar refractivity (Wildman–Crippen MR) is 81.3 cm³/mol. The number of nitrogens with one attached hydrogen (secondary N) is 1. The fourth-order valence-corrected chi connectivity index (χ4v) is 2.80. The Morgan fingerprint density at radius 2 is 2.11 bits per heavy atom. The third kappa shape index (κ3) is 3.53. The van der Waals surface area contributed by atoms with Crippen LogP contribution in [0.1, 0.15) is 22.7 Å². The molecule has 5 N–H and O–H groups in total. The van der Waals surface area contributed by atoms with Gasteiger partial charge in [0, 0.05) is 10.7 Å². The fraction of sp³-hybridized carbons (Fsp3) is 0.214. The molecule has 0 fully saturated rings. The Bertz CT molecular complexity index is 571. The first kappa shape index (κ1) is 14.0. The molecule has 0 aliphatic heterocycles. The van der Waals surface area contributed by atoms with Gasteiger partial charge in [-0.25, -0.2) is 4.98 Å². The van der Waals surface area contributed by atoms with E-state index in [9.17, 15) is 0 Å². The largest absolute Gasteiger partial charge is 0.384 e. The lowest BCUT2D eigenvalue weighted by Crippen LogP contribution is -2.29. The molecule has 4 nitrogen and oxygen atoms in total. The Labute approximate surface area is 121 Å². The normalized spacial score (nSPS) is 12.4. The van der Waals surface area contributed by atoms with Gasteiger partial charge in [-0.3, -0.25) is 11.3 Å². The third-order valence-corrected chi connectivity index (χ3v) is 3.70. The third-order valence-electron chi connectivity index (χ3n) is 3.02. The van der Waals surface area contributed by atoms with Crippen molar-refractivity contribution in [2.24, 2.45) is 5.84 Å². The van der Waals surface area contributed by atoms with Crippen molar-refractivity contribution in [2.75, 3.05) is 5.73 Å². The number of hydrazine groups is 1. The Morgan fingerprint density at radius 1 is 1.32 bits per heavy atom. The Hall–Kier alpha value is -1.43. The van der Waals surface area contributed by atoms with Crippen LogP contribution in [0.5, 0.6) is 0 Å². The van der Waals surface area contributed by atoms with Gasteiger partial charge >= 0.3 is 0 Å². The number of anilines is 1. The van der Waals surface area contributed by atoms with E-state index in [1.807, 2.05) is 12.1 Å². The lowest BCUT2D eigenvalue weighted by molar-refractivity contribution is 0.550. The highest BCUT2D eigenvalue weighted by Gasteiger charge is 2.14. The standard InChI is InChI=1S/C14H17BrN4/c1-9-2-3-11(12(15)6-9)13(19-17)7-10-4-5-18-14(16)8-10/h2-6,8,13,19H,7,17H2,1H3,(H2,16,18). The second kappa shape index (κ2) is 6.14. The van der Waals surface area contributed by atoms with Crippen molar-refractivity contribution in [2.45, 2.75) is 19.4 Å². The van der Waals surface area contributed by atoms with E-state index >= 15 is 0 Å².